The average Bonchev–Trinajstić information content (AvgIpc) is 3.38. The van der Waals surface area contributed by atoms with Gasteiger partial charge < -0.3 is 4.90 Å². The van der Waals surface area contributed by atoms with Crippen molar-refractivity contribution in [2.24, 2.45) is 0 Å². The number of rotatable bonds is 1. The van der Waals surface area contributed by atoms with Crippen molar-refractivity contribution in [3.8, 4) is 11.1 Å². The maximum Gasteiger partial charge on any atom is 0.0534 e. The Hall–Kier alpha value is -4.10. The number of hydrogen-bond acceptors (Lipinski definition) is 1. The smallest absolute Gasteiger partial charge is 0.0534 e. The largest absolute Gasteiger partial charge is 0.334 e. The second kappa shape index (κ2) is 8.04. The van der Waals surface area contributed by atoms with Crippen LogP contribution in [0, 0.1) is 0 Å². The molecule has 1 fully saturated rings. The van der Waals surface area contributed by atoms with Crippen molar-refractivity contribution in [1.29, 1.82) is 0 Å². The molecular formula is C41H37N. The second-order valence-electron chi connectivity index (χ2n) is 14.1. The van der Waals surface area contributed by atoms with Crippen molar-refractivity contribution in [1.82, 2.24) is 0 Å². The molecule has 2 atom stereocenters. The first-order valence-electron chi connectivity index (χ1n) is 15.8. The van der Waals surface area contributed by atoms with Crippen molar-refractivity contribution in [2.75, 3.05) is 4.90 Å². The van der Waals surface area contributed by atoms with Crippen molar-refractivity contribution >= 4 is 43.7 Å². The minimum atomic E-state index is -0.0708. The van der Waals surface area contributed by atoms with Gasteiger partial charge in [0, 0.05) is 21.9 Å². The molecule has 6 aromatic carbocycles. The Balaban J connectivity index is 1.30. The fourth-order valence-electron chi connectivity index (χ4n) is 9.33. The van der Waals surface area contributed by atoms with Crippen LogP contribution in [0.25, 0.3) is 43.4 Å². The number of anilines is 2. The highest BCUT2D eigenvalue weighted by atomic mass is 15.3. The summed E-state index contributed by atoms with van der Waals surface area (Å²) in [5.41, 5.74) is 10.1. The van der Waals surface area contributed by atoms with E-state index in [-0.39, 0.29) is 16.4 Å². The van der Waals surface area contributed by atoms with Crippen molar-refractivity contribution in [3.05, 3.63) is 120 Å². The minimum absolute atomic E-state index is 0.0349. The van der Waals surface area contributed by atoms with Crippen LogP contribution in [0.2, 0.25) is 0 Å². The Morgan fingerprint density at radius 3 is 2.05 bits per heavy atom. The van der Waals surface area contributed by atoms with Gasteiger partial charge >= 0.3 is 0 Å². The number of fused-ring (bicyclic) bond motifs is 12. The first kappa shape index (κ1) is 24.5. The van der Waals surface area contributed by atoms with Gasteiger partial charge in [-0.1, -0.05) is 125 Å². The summed E-state index contributed by atoms with van der Waals surface area (Å²) in [5, 5.41) is 8.08. The summed E-state index contributed by atoms with van der Waals surface area (Å²) in [7, 11) is 0. The molecule has 0 N–H and O–H groups in total. The third-order valence-corrected chi connectivity index (χ3v) is 11.8. The first-order valence-corrected chi connectivity index (χ1v) is 15.8. The monoisotopic (exact) mass is 543 g/mol. The van der Waals surface area contributed by atoms with E-state index in [1.807, 2.05) is 0 Å². The molecule has 6 aromatic rings. The van der Waals surface area contributed by atoms with E-state index in [0.29, 0.717) is 0 Å². The lowest BCUT2D eigenvalue weighted by Crippen LogP contribution is -2.54. The lowest BCUT2D eigenvalue weighted by molar-refractivity contribution is 0.195. The highest BCUT2D eigenvalue weighted by Gasteiger charge is 2.58. The Morgan fingerprint density at radius 2 is 1.21 bits per heavy atom. The molecule has 206 valence electrons. The molecule has 2 unspecified atom stereocenters. The molecule has 0 amide bonds. The maximum absolute atomic E-state index is 2.77. The van der Waals surface area contributed by atoms with Crippen LogP contribution in [-0.2, 0) is 10.8 Å². The Morgan fingerprint density at radius 1 is 0.548 bits per heavy atom. The van der Waals surface area contributed by atoms with Gasteiger partial charge in [0.15, 0.2) is 0 Å². The Bertz CT molecular complexity index is 2120. The highest BCUT2D eigenvalue weighted by Crippen LogP contribution is 2.63. The van der Waals surface area contributed by atoms with E-state index in [9.17, 15) is 0 Å². The van der Waals surface area contributed by atoms with Gasteiger partial charge in [0.05, 0.1) is 11.2 Å². The van der Waals surface area contributed by atoms with E-state index >= 15 is 0 Å². The third kappa shape index (κ3) is 2.85. The van der Waals surface area contributed by atoms with Gasteiger partial charge in [-0.3, -0.25) is 0 Å². The molecule has 42 heavy (non-hydrogen) atoms. The minimum Gasteiger partial charge on any atom is -0.334 e. The van der Waals surface area contributed by atoms with Crippen molar-refractivity contribution < 1.29 is 0 Å². The van der Waals surface area contributed by atoms with E-state index in [1.54, 1.807) is 0 Å². The van der Waals surface area contributed by atoms with E-state index in [0.717, 1.165) is 0 Å². The van der Waals surface area contributed by atoms with Crippen LogP contribution in [0.15, 0.2) is 103 Å². The van der Waals surface area contributed by atoms with Crippen LogP contribution in [0.3, 0.4) is 0 Å². The summed E-state index contributed by atoms with van der Waals surface area (Å²) < 4.78 is 0. The van der Waals surface area contributed by atoms with E-state index < -0.39 is 0 Å². The Labute approximate surface area is 248 Å². The zero-order valence-electron chi connectivity index (χ0n) is 25.1. The van der Waals surface area contributed by atoms with Gasteiger partial charge in [-0.05, 0) is 86.6 Å². The molecule has 2 aliphatic carbocycles. The molecule has 0 spiro atoms. The van der Waals surface area contributed by atoms with Crippen LogP contribution in [0.4, 0.5) is 11.4 Å². The quantitative estimate of drug-likeness (QED) is 0.186. The van der Waals surface area contributed by atoms with Crippen LogP contribution >= 0.6 is 0 Å². The summed E-state index contributed by atoms with van der Waals surface area (Å²) >= 11 is 0. The molecule has 3 aliphatic rings. The topological polar surface area (TPSA) is 3.24 Å². The third-order valence-electron chi connectivity index (χ3n) is 11.8. The normalized spacial score (nSPS) is 23.7. The number of benzene rings is 6. The van der Waals surface area contributed by atoms with E-state index in [4.69, 9.17) is 0 Å². The maximum atomic E-state index is 2.77. The molecule has 0 aromatic heterocycles. The molecule has 1 nitrogen and oxygen atoms in total. The van der Waals surface area contributed by atoms with Crippen LogP contribution < -0.4 is 4.90 Å². The molecule has 0 saturated heterocycles. The zero-order chi connectivity index (χ0) is 28.4. The summed E-state index contributed by atoms with van der Waals surface area (Å²) in [6.07, 6.45) is 5.05. The predicted octanol–water partition coefficient (Wildman–Crippen LogP) is 11.2. The van der Waals surface area contributed by atoms with Gasteiger partial charge in [-0.2, -0.15) is 0 Å². The van der Waals surface area contributed by atoms with Gasteiger partial charge in [0.25, 0.3) is 0 Å². The van der Waals surface area contributed by atoms with E-state index in [1.165, 1.54) is 97.2 Å². The van der Waals surface area contributed by atoms with Crippen molar-refractivity contribution in [2.45, 2.75) is 69.7 Å². The number of nitrogens with zero attached hydrogens (tertiary/aromatic N) is 1. The molecular weight excluding hydrogens is 506 g/mol. The Kier molecular flexibility index (Phi) is 4.69. The molecule has 1 saturated carbocycles. The highest BCUT2D eigenvalue weighted by molar-refractivity contribution is 6.14. The van der Waals surface area contributed by atoms with Crippen molar-refractivity contribution in [3.63, 3.8) is 0 Å². The lowest BCUT2D eigenvalue weighted by atomic mass is 9.61. The van der Waals surface area contributed by atoms with Gasteiger partial charge in [0.2, 0.25) is 0 Å². The molecule has 1 heteroatoms. The van der Waals surface area contributed by atoms with Gasteiger partial charge in [0.1, 0.15) is 0 Å². The predicted molar refractivity (Wildman–Crippen MR) is 179 cm³/mol. The summed E-state index contributed by atoms with van der Waals surface area (Å²) in [5.74, 6) is 0. The zero-order valence-corrected chi connectivity index (χ0v) is 25.1. The fourth-order valence-corrected chi connectivity index (χ4v) is 9.33. The van der Waals surface area contributed by atoms with Gasteiger partial charge in [-0.25, -0.2) is 0 Å². The number of hydrogen-bond donors (Lipinski definition) is 0. The molecule has 0 bridgehead atoms. The van der Waals surface area contributed by atoms with Crippen LogP contribution in [-0.4, -0.2) is 5.54 Å². The summed E-state index contributed by atoms with van der Waals surface area (Å²) in [6, 6.07) is 39.5. The first-order chi connectivity index (χ1) is 20.3. The standard InChI is InChI=1S/C41H37N/c1-39(2)34-22-20-31-29-13-7-5-11-26(29)15-18-32(31)37(34)33-19-17-28(25-36(33)39)42-38-30-14-8-6-12-27(30)16-21-35(38)40(3)23-9-10-24-41(40,42)4/h5-8,11-22,25H,9-10,23-24H2,1-4H3. The van der Waals surface area contributed by atoms with Crippen LogP contribution in [0.1, 0.15) is 70.1 Å². The molecule has 1 heterocycles. The molecule has 1 aliphatic heterocycles. The van der Waals surface area contributed by atoms with E-state index in [2.05, 4.69) is 136 Å². The fraction of sp³-hybridized carbons (Fsp3) is 0.268. The molecule has 9 rings (SSSR count). The summed E-state index contributed by atoms with van der Waals surface area (Å²) in [4.78, 5) is 2.77. The average molecular weight is 544 g/mol. The van der Waals surface area contributed by atoms with Gasteiger partial charge in [-0.15, -0.1) is 0 Å². The molecule has 0 radical (unpaired) electrons. The summed E-state index contributed by atoms with van der Waals surface area (Å²) in [6.45, 7) is 9.94. The van der Waals surface area contributed by atoms with Crippen LogP contribution in [0.5, 0.6) is 0 Å². The SMILES string of the molecule is CC1(C)c2cc(N3c4c(ccc5ccccc45)C4(C)CCCCC34C)ccc2-c2c1ccc1c2ccc2ccccc21. The second-order valence-corrected chi connectivity index (χ2v) is 14.1. The lowest BCUT2D eigenvalue weighted by Gasteiger charge is -2.50.